The van der Waals surface area contributed by atoms with Gasteiger partial charge in [-0.15, -0.1) is 0 Å². The minimum atomic E-state index is -0.183. The van der Waals surface area contributed by atoms with E-state index in [0.717, 1.165) is 26.2 Å². The second-order valence-corrected chi connectivity index (χ2v) is 7.36. The molecule has 1 aromatic heterocycles. The maximum absolute atomic E-state index is 12.3. The molecule has 3 rings (SSSR count). The van der Waals surface area contributed by atoms with Gasteiger partial charge >= 0.3 is 0 Å². The summed E-state index contributed by atoms with van der Waals surface area (Å²) in [4.78, 5) is 17.1. The standard InChI is InChI=1S/C19H24BrN3O2/c1-14-3-5-15(6-4-14)16(23-11-9-22(2)10-12-23)13-21-19(24)17-7-8-18(20)25-17/h3-8,16H,9-13H2,1-2H3,(H,21,24)/t16-/m1/s1. The van der Waals surface area contributed by atoms with Crippen LogP contribution in [0.5, 0.6) is 0 Å². The van der Waals surface area contributed by atoms with E-state index in [1.807, 2.05) is 0 Å². The van der Waals surface area contributed by atoms with E-state index < -0.39 is 0 Å². The molecule has 1 N–H and O–H groups in total. The van der Waals surface area contributed by atoms with E-state index in [4.69, 9.17) is 4.42 Å². The van der Waals surface area contributed by atoms with Crippen LogP contribution in [0.25, 0.3) is 0 Å². The summed E-state index contributed by atoms with van der Waals surface area (Å²) in [6.07, 6.45) is 0. The highest BCUT2D eigenvalue weighted by molar-refractivity contribution is 9.10. The minimum Gasteiger partial charge on any atom is -0.444 e. The Balaban J connectivity index is 1.71. The predicted octanol–water partition coefficient (Wildman–Crippen LogP) is 3.07. The van der Waals surface area contributed by atoms with Gasteiger partial charge in [0.15, 0.2) is 10.4 Å². The van der Waals surface area contributed by atoms with Crippen molar-refractivity contribution in [2.75, 3.05) is 39.8 Å². The number of carbonyl (C=O) groups excluding carboxylic acids is 1. The number of aryl methyl sites for hydroxylation is 1. The first-order valence-electron chi connectivity index (χ1n) is 8.55. The fourth-order valence-electron chi connectivity index (χ4n) is 3.09. The van der Waals surface area contributed by atoms with Crippen molar-refractivity contribution in [3.05, 3.63) is 58.0 Å². The first kappa shape index (κ1) is 18.2. The number of benzene rings is 1. The van der Waals surface area contributed by atoms with E-state index in [0.29, 0.717) is 17.0 Å². The molecule has 5 nitrogen and oxygen atoms in total. The molecule has 0 saturated carbocycles. The Labute approximate surface area is 157 Å². The molecule has 0 bridgehead atoms. The molecule has 6 heteroatoms. The first-order chi connectivity index (χ1) is 12.0. The lowest BCUT2D eigenvalue weighted by Gasteiger charge is -2.38. The van der Waals surface area contributed by atoms with E-state index in [2.05, 4.69) is 69.3 Å². The maximum atomic E-state index is 12.3. The van der Waals surface area contributed by atoms with Gasteiger partial charge in [0.25, 0.3) is 5.91 Å². The number of hydrogen-bond acceptors (Lipinski definition) is 4. The molecule has 25 heavy (non-hydrogen) atoms. The highest BCUT2D eigenvalue weighted by atomic mass is 79.9. The van der Waals surface area contributed by atoms with Crippen LogP contribution in [0.1, 0.15) is 27.7 Å². The van der Waals surface area contributed by atoms with Crippen LogP contribution in [-0.4, -0.2) is 55.5 Å². The molecule has 1 fully saturated rings. The van der Waals surface area contributed by atoms with Gasteiger partial charge in [0, 0.05) is 32.7 Å². The number of rotatable bonds is 5. The molecule has 0 unspecified atom stereocenters. The van der Waals surface area contributed by atoms with E-state index in [1.54, 1.807) is 12.1 Å². The molecule has 2 heterocycles. The van der Waals surface area contributed by atoms with Crippen LogP contribution in [0.2, 0.25) is 0 Å². The van der Waals surface area contributed by atoms with Crippen LogP contribution in [-0.2, 0) is 0 Å². The van der Waals surface area contributed by atoms with Gasteiger partial charge in [0.1, 0.15) is 0 Å². The fraction of sp³-hybridized carbons (Fsp3) is 0.421. The zero-order valence-corrected chi connectivity index (χ0v) is 16.3. The van der Waals surface area contributed by atoms with Crippen molar-refractivity contribution in [2.24, 2.45) is 0 Å². The summed E-state index contributed by atoms with van der Waals surface area (Å²) in [5.41, 5.74) is 2.47. The summed E-state index contributed by atoms with van der Waals surface area (Å²) in [6.45, 7) is 6.73. The summed E-state index contributed by atoms with van der Waals surface area (Å²) in [7, 11) is 2.15. The first-order valence-corrected chi connectivity index (χ1v) is 9.35. The van der Waals surface area contributed by atoms with E-state index in [9.17, 15) is 4.79 Å². The molecule has 134 valence electrons. The molecule has 1 atom stereocenters. The Bertz CT molecular complexity index is 706. The van der Waals surface area contributed by atoms with Crippen LogP contribution in [0, 0.1) is 6.92 Å². The lowest BCUT2D eigenvalue weighted by Crippen LogP contribution is -2.48. The largest absolute Gasteiger partial charge is 0.444 e. The van der Waals surface area contributed by atoms with Crippen molar-refractivity contribution in [2.45, 2.75) is 13.0 Å². The van der Waals surface area contributed by atoms with Crippen molar-refractivity contribution in [3.63, 3.8) is 0 Å². The quantitative estimate of drug-likeness (QED) is 0.830. The third-order valence-corrected chi connectivity index (χ3v) is 5.12. The van der Waals surface area contributed by atoms with Crippen molar-refractivity contribution < 1.29 is 9.21 Å². The van der Waals surface area contributed by atoms with Crippen LogP contribution < -0.4 is 5.32 Å². The van der Waals surface area contributed by atoms with Crippen molar-refractivity contribution in [1.82, 2.24) is 15.1 Å². The molecule has 0 spiro atoms. The number of furan rings is 1. The Morgan fingerprint density at radius 3 is 2.44 bits per heavy atom. The summed E-state index contributed by atoms with van der Waals surface area (Å²) in [5, 5.41) is 3.03. The van der Waals surface area contributed by atoms with Gasteiger partial charge in [-0.25, -0.2) is 0 Å². The molecule has 0 radical (unpaired) electrons. The Hall–Kier alpha value is -1.63. The predicted molar refractivity (Wildman–Crippen MR) is 102 cm³/mol. The molecular weight excluding hydrogens is 382 g/mol. The minimum absolute atomic E-state index is 0.164. The summed E-state index contributed by atoms with van der Waals surface area (Å²) < 4.78 is 5.90. The van der Waals surface area contributed by atoms with Gasteiger partial charge in [0.05, 0.1) is 6.04 Å². The monoisotopic (exact) mass is 405 g/mol. The van der Waals surface area contributed by atoms with Gasteiger partial charge in [-0.1, -0.05) is 29.8 Å². The smallest absolute Gasteiger partial charge is 0.287 e. The molecule has 2 aromatic rings. The number of hydrogen-bond donors (Lipinski definition) is 1. The van der Waals surface area contributed by atoms with Crippen LogP contribution in [0.15, 0.2) is 45.5 Å². The van der Waals surface area contributed by atoms with E-state index in [1.165, 1.54) is 11.1 Å². The number of piperazine rings is 1. The van der Waals surface area contributed by atoms with Crippen molar-refractivity contribution in [1.29, 1.82) is 0 Å². The van der Waals surface area contributed by atoms with E-state index in [-0.39, 0.29) is 11.9 Å². The molecular formula is C19H24BrN3O2. The average molecular weight is 406 g/mol. The Morgan fingerprint density at radius 1 is 1.16 bits per heavy atom. The van der Waals surface area contributed by atoms with Crippen molar-refractivity contribution in [3.8, 4) is 0 Å². The SMILES string of the molecule is Cc1ccc([C@@H](CNC(=O)c2ccc(Br)o2)N2CCN(C)CC2)cc1. The molecule has 1 amide bonds. The summed E-state index contributed by atoms with van der Waals surface area (Å²) in [5.74, 6) is 0.143. The average Bonchev–Trinajstić information content (AvgIpc) is 3.04. The molecule has 1 saturated heterocycles. The van der Waals surface area contributed by atoms with Gasteiger partial charge in [-0.3, -0.25) is 9.69 Å². The number of halogens is 1. The second kappa shape index (κ2) is 8.17. The topological polar surface area (TPSA) is 48.7 Å². The van der Waals surface area contributed by atoms with Crippen LogP contribution in [0.4, 0.5) is 0 Å². The van der Waals surface area contributed by atoms with Gasteiger partial charge < -0.3 is 14.6 Å². The zero-order chi connectivity index (χ0) is 17.8. The lowest BCUT2D eigenvalue weighted by atomic mass is 10.0. The number of likely N-dealkylation sites (N-methyl/N-ethyl adjacent to an activating group) is 1. The van der Waals surface area contributed by atoms with Crippen LogP contribution >= 0.6 is 15.9 Å². The highest BCUT2D eigenvalue weighted by Crippen LogP contribution is 2.22. The number of nitrogens with one attached hydrogen (secondary N) is 1. The van der Waals surface area contributed by atoms with Crippen LogP contribution in [0.3, 0.4) is 0 Å². The summed E-state index contributed by atoms with van der Waals surface area (Å²) in [6, 6.07) is 12.1. The number of amides is 1. The lowest BCUT2D eigenvalue weighted by molar-refractivity contribution is 0.0862. The normalized spacial score (nSPS) is 17.4. The third kappa shape index (κ3) is 4.71. The van der Waals surface area contributed by atoms with Gasteiger partial charge in [-0.2, -0.15) is 0 Å². The highest BCUT2D eigenvalue weighted by Gasteiger charge is 2.25. The van der Waals surface area contributed by atoms with Gasteiger partial charge in [0.2, 0.25) is 0 Å². The zero-order valence-electron chi connectivity index (χ0n) is 14.7. The molecule has 1 aliphatic rings. The summed E-state index contributed by atoms with van der Waals surface area (Å²) >= 11 is 3.23. The third-order valence-electron chi connectivity index (χ3n) is 4.69. The second-order valence-electron chi connectivity index (χ2n) is 6.58. The Kier molecular flexibility index (Phi) is 5.93. The van der Waals surface area contributed by atoms with Gasteiger partial charge in [-0.05, 0) is 47.6 Å². The molecule has 1 aromatic carbocycles. The molecule has 1 aliphatic heterocycles. The maximum Gasteiger partial charge on any atom is 0.287 e. The van der Waals surface area contributed by atoms with Crippen molar-refractivity contribution >= 4 is 21.8 Å². The number of nitrogens with zero attached hydrogens (tertiary/aromatic N) is 2. The fourth-order valence-corrected chi connectivity index (χ4v) is 3.40. The molecule has 0 aliphatic carbocycles. The Morgan fingerprint density at radius 2 is 1.84 bits per heavy atom. The van der Waals surface area contributed by atoms with E-state index >= 15 is 0 Å². The number of carbonyl (C=O) groups is 1.